The predicted octanol–water partition coefficient (Wildman–Crippen LogP) is 8.91. The summed E-state index contributed by atoms with van der Waals surface area (Å²) in [5.41, 5.74) is 5.39. The molecule has 1 aliphatic carbocycles. The minimum Gasteiger partial charge on any atom is -0.496 e. The highest BCUT2D eigenvalue weighted by atomic mass is 31.1. The topological polar surface area (TPSA) is 18.5 Å². The number of ether oxygens (including phenoxy) is 2. The van der Waals surface area contributed by atoms with Crippen LogP contribution in [0.5, 0.6) is 11.5 Å². The van der Waals surface area contributed by atoms with E-state index in [0.29, 0.717) is 11.6 Å². The molecule has 0 amide bonds. The molecule has 1 unspecified atom stereocenters. The molecule has 0 radical (unpaired) electrons. The largest absolute Gasteiger partial charge is 0.496 e. The van der Waals surface area contributed by atoms with Crippen molar-refractivity contribution < 1.29 is 9.47 Å². The Hall–Kier alpha value is -1.62. The average Bonchev–Trinajstić information content (AvgIpc) is 3.21. The van der Waals surface area contributed by atoms with E-state index in [1.165, 1.54) is 32.9 Å². The highest BCUT2D eigenvalue weighted by molar-refractivity contribution is 7.77. The van der Waals surface area contributed by atoms with Crippen molar-refractivity contribution in [3.63, 3.8) is 0 Å². The first kappa shape index (κ1) is 29.9. The van der Waals surface area contributed by atoms with Gasteiger partial charge in [0.1, 0.15) is 11.5 Å². The van der Waals surface area contributed by atoms with Gasteiger partial charge >= 0.3 is 0 Å². The third-order valence-corrected chi connectivity index (χ3v) is 13.9. The summed E-state index contributed by atoms with van der Waals surface area (Å²) in [5.74, 6) is 2.42. The minimum atomic E-state index is -0.722. The summed E-state index contributed by atoms with van der Waals surface area (Å²) < 4.78 is 11.5. The molecule has 2 aromatic rings. The Morgan fingerprint density at radius 2 is 1.08 bits per heavy atom. The van der Waals surface area contributed by atoms with Crippen molar-refractivity contribution >= 4 is 26.5 Å². The maximum atomic E-state index is 5.74. The maximum Gasteiger partial charge on any atom is 0.124 e. The zero-order valence-electron chi connectivity index (χ0n) is 25.4. The molecule has 0 spiro atoms. The third-order valence-electron chi connectivity index (χ3n) is 7.37. The molecule has 0 fully saturated rings. The van der Waals surface area contributed by atoms with Gasteiger partial charge in [-0.3, -0.25) is 0 Å². The summed E-state index contributed by atoms with van der Waals surface area (Å²) >= 11 is 0. The highest BCUT2D eigenvalue weighted by Gasteiger charge is 2.43. The fourth-order valence-corrected chi connectivity index (χ4v) is 14.9. The SMILES string of the molecule is COc1c(C)cc(P(C2=CC=CC2[C@H](C)P(C(C)(C)C)C(C)(C)C)c2cc(C)c(OC)c(C)c2)cc1C. The second-order valence-corrected chi connectivity index (χ2v) is 19.0. The average molecular weight is 539 g/mol. The van der Waals surface area contributed by atoms with Gasteiger partial charge in [0.2, 0.25) is 0 Å². The van der Waals surface area contributed by atoms with Crippen molar-refractivity contribution in [3.05, 3.63) is 70.1 Å². The van der Waals surface area contributed by atoms with Crippen LogP contribution in [0.4, 0.5) is 0 Å². The number of hydrogen-bond donors (Lipinski definition) is 0. The van der Waals surface area contributed by atoms with Crippen molar-refractivity contribution in [3.8, 4) is 11.5 Å². The van der Waals surface area contributed by atoms with Crippen LogP contribution in [0.2, 0.25) is 0 Å². The van der Waals surface area contributed by atoms with Crippen LogP contribution in [0.25, 0.3) is 0 Å². The molecule has 0 bridgehead atoms. The lowest BCUT2D eigenvalue weighted by atomic mass is 10.1. The van der Waals surface area contributed by atoms with E-state index < -0.39 is 7.92 Å². The summed E-state index contributed by atoms with van der Waals surface area (Å²) in [7, 11) is 2.56. The van der Waals surface area contributed by atoms with Gasteiger partial charge in [-0.2, -0.15) is 0 Å². The number of hydrogen-bond acceptors (Lipinski definition) is 2. The first-order valence-electron chi connectivity index (χ1n) is 13.4. The fourth-order valence-electron chi connectivity index (χ4n) is 6.71. The van der Waals surface area contributed by atoms with Crippen molar-refractivity contribution in [2.24, 2.45) is 5.92 Å². The van der Waals surface area contributed by atoms with Crippen LogP contribution in [-0.4, -0.2) is 30.2 Å². The molecule has 2 atom stereocenters. The molecular formula is C33H48O2P2. The molecule has 0 heterocycles. The van der Waals surface area contributed by atoms with Crippen molar-refractivity contribution in [2.45, 2.75) is 92.1 Å². The van der Waals surface area contributed by atoms with Gasteiger partial charge in [-0.25, -0.2) is 0 Å². The molecule has 0 aliphatic heterocycles. The molecule has 2 nitrogen and oxygen atoms in total. The number of benzene rings is 2. The molecule has 2 aromatic carbocycles. The Morgan fingerprint density at radius 3 is 1.41 bits per heavy atom. The molecule has 37 heavy (non-hydrogen) atoms. The van der Waals surface area contributed by atoms with E-state index >= 15 is 0 Å². The van der Waals surface area contributed by atoms with Gasteiger partial charge in [-0.1, -0.05) is 74.6 Å². The summed E-state index contributed by atoms with van der Waals surface area (Å²) in [5, 5.41) is 4.92. The summed E-state index contributed by atoms with van der Waals surface area (Å²) in [4.78, 5) is 0. The van der Waals surface area contributed by atoms with Crippen LogP contribution in [-0.2, 0) is 0 Å². The van der Waals surface area contributed by atoms with E-state index in [4.69, 9.17) is 9.47 Å². The Morgan fingerprint density at radius 1 is 0.703 bits per heavy atom. The molecular weight excluding hydrogens is 490 g/mol. The monoisotopic (exact) mass is 538 g/mol. The molecule has 0 N–H and O–H groups in total. The van der Waals surface area contributed by atoms with Gasteiger partial charge in [0.15, 0.2) is 0 Å². The lowest BCUT2D eigenvalue weighted by Gasteiger charge is -2.48. The number of methoxy groups -OCH3 is 2. The van der Waals surface area contributed by atoms with Crippen molar-refractivity contribution in [1.82, 2.24) is 0 Å². The van der Waals surface area contributed by atoms with Gasteiger partial charge in [-0.15, -0.1) is 0 Å². The fraction of sp³-hybridized carbons (Fsp3) is 0.515. The van der Waals surface area contributed by atoms with Crippen LogP contribution >= 0.6 is 15.8 Å². The maximum absolute atomic E-state index is 5.74. The van der Waals surface area contributed by atoms with Crippen molar-refractivity contribution in [1.29, 1.82) is 0 Å². The van der Waals surface area contributed by atoms with E-state index in [2.05, 4.69) is 119 Å². The molecule has 0 saturated heterocycles. The van der Waals surface area contributed by atoms with E-state index in [1.54, 1.807) is 19.5 Å². The quantitative estimate of drug-likeness (QED) is 0.328. The Balaban J connectivity index is 2.23. The molecule has 3 rings (SSSR count). The third kappa shape index (κ3) is 6.18. The Bertz CT molecular complexity index is 1070. The van der Waals surface area contributed by atoms with Crippen LogP contribution in [0.3, 0.4) is 0 Å². The number of rotatable bonds is 7. The van der Waals surface area contributed by atoms with E-state index in [9.17, 15) is 0 Å². The highest BCUT2D eigenvalue weighted by Crippen LogP contribution is 2.66. The van der Waals surface area contributed by atoms with E-state index in [-0.39, 0.29) is 18.2 Å². The van der Waals surface area contributed by atoms with E-state index in [1.807, 2.05) is 0 Å². The summed E-state index contributed by atoms with van der Waals surface area (Å²) in [6.07, 6.45) is 7.22. The molecule has 1 aliphatic rings. The van der Waals surface area contributed by atoms with Crippen LogP contribution in [0, 0.1) is 33.6 Å². The number of aryl methyl sites for hydroxylation is 4. The summed E-state index contributed by atoms with van der Waals surface area (Å²) in [6, 6.07) is 9.46. The lowest BCUT2D eigenvalue weighted by Crippen LogP contribution is -2.34. The molecule has 202 valence electrons. The Kier molecular flexibility index (Phi) is 9.09. The van der Waals surface area contributed by atoms with Gasteiger partial charge in [-0.05, 0) is 114 Å². The zero-order chi connectivity index (χ0) is 27.9. The van der Waals surface area contributed by atoms with Gasteiger partial charge in [0, 0.05) is 5.92 Å². The van der Waals surface area contributed by atoms with Crippen molar-refractivity contribution in [2.75, 3.05) is 14.2 Å². The number of allylic oxidation sites excluding steroid dienone is 4. The Labute approximate surface area is 229 Å². The second-order valence-electron chi connectivity index (χ2n) is 12.5. The molecule has 0 saturated carbocycles. The van der Waals surface area contributed by atoms with Gasteiger partial charge < -0.3 is 9.47 Å². The summed E-state index contributed by atoms with van der Waals surface area (Å²) in [6.45, 7) is 25.9. The lowest BCUT2D eigenvalue weighted by molar-refractivity contribution is 0.408. The van der Waals surface area contributed by atoms with E-state index in [0.717, 1.165) is 11.5 Å². The van der Waals surface area contributed by atoms with Gasteiger partial charge in [0.25, 0.3) is 0 Å². The molecule has 4 heteroatoms. The first-order chi connectivity index (χ1) is 17.1. The smallest absolute Gasteiger partial charge is 0.124 e. The second kappa shape index (κ2) is 11.2. The van der Waals surface area contributed by atoms with Crippen LogP contribution < -0.4 is 20.1 Å². The van der Waals surface area contributed by atoms with Crippen LogP contribution in [0.1, 0.15) is 70.7 Å². The zero-order valence-corrected chi connectivity index (χ0v) is 27.2. The normalized spacial score (nSPS) is 16.9. The van der Waals surface area contributed by atoms with Gasteiger partial charge in [0.05, 0.1) is 14.2 Å². The van der Waals surface area contributed by atoms with Crippen LogP contribution in [0.15, 0.2) is 47.8 Å². The molecule has 0 aromatic heterocycles. The predicted molar refractivity (Wildman–Crippen MR) is 168 cm³/mol. The standard InChI is InChI=1S/C33H48O2P2/c1-21-17-26(18-22(2)30(21)34-12)36(27-19-23(3)31(35-13)24(4)20-27)29-16-14-15-28(29)25(5)37(32(6,7)8)33(9,10)11/h14-20,25,28H,1-13H3/t25-,28?/m0/s1. The minimum absolute atomic E-state index is 0.266. The first-order valence-corrected chi connectivity index (χ1v) is 16.2.